The van der Waals surface area contributed by atoms with Crippen LogP contribution >= 0.6 is 0 Å². The number of unbranched alkanes of at least 4 members (excludes halogenated alkanes) is 2. The molecular formula is C20H30F6N4O4S2. The van der Waals surface area contributed by atoms with Crippen LogP contribution in [0.2, 0.25) is 0 Å². The van der Waals surface area contributed by atoms with Crippen LogP contribution in [0.15, 0.2) is 61.2 Å². The van der Waals surface area contributed by atoms with Gasteiger partial charge in [-0.25, -0.2) is 9.13 Å². The molecule has 0 bridgehead atoms. The monoisotopic (exact) mass is 568 g/mol. The number of aryl methyl sites for hydroxylation is 2. The van der Waals surface area contributed by atoms with E-state index in [0.717, 1.165) is 13.1 Å². The molecule has 2 aromatic rings. The lowest BCUT2D eigenvalue weighted by atomic mass is 10.3. The van der Waals surface area contributed by atoms with Gasteiger partial charge in [0.15, 0.2) is 24.8 Å². The predicted octanol–water partition coefficient (Wildman–Crippen LogP) is 4.92. The molecule has 2 N–H and O–H groups in total. The van der Waals surface area contributed by atoms with Crippen LogP contribution in [0, 0.1) is 9.56 Å². The summed E-state index contributed by atoms with van der Waals surface area (Å²) in [6, 6.07) is 12.3. The van der Waals surface area contributed by atoms with Gasteiger partial charge in [-0.3, -0.25) is 18.0 Å². The van der Waals surface area contributed by atoms with Gasteiger partial charge < -0.3 is 9.11 Å². The van der Waals surface area contributed by atoms with Crippen LogP contribution in [0.3, 0.4) is 0 Å². The summed E-state index contributed by atoms with van der Waals surface area (Å²) in [5.41, 5.74) is -10.8. The Labute approximate surface area is 207 Å². The third-order valence-corrected chi connectivity index (χ3v) is 4.92. The van der Waals surface area contributed by atoms with Crippen molar-refractivity contribution < 1.29 is 53.0 Å². The van der Waals surface area contributed by atoms with Gasteiger partial charge in [-0.2, -0.15) is 26.3 Å². The van der Waals surface area contributed by atoms with Crippen molar-refractivity contribution in [3.63, 3.8) is 0 Å². The number of hydrogen-bond donors (Lipinski definition) is 2. The molecule has 208 valence electrons. The van der Waals surface area contributed by atoms with Gasteiger partial charge in [0.2, 0.25) is 0 Å². The molecule has 0 saturated heterocycles. The van der Waals surface area contributed by atoms with Gasteiger partial charge in [0.1, 0.15) is 13.1 Å². The third-order valence-electron chi connectivity index (χ3n) is 3.70. The molecule has 0 fully saturated rings. The standard InChI is InChI=1S/2C9H14N.2CH2F3NO2S/c2*1-2-3-7-10-8-5-4-6-9-10;2*2-1(3,4)8(5,6)7/h2*4-6,8-9H,2-3,7H2,1H3;2*(H2,5,6,7)/q2*+1;;/p-2. The average molecular weight is 569 g/mol. The van der Waals surface area contributed by atoms with E-state index in [9.17, 15) is 43.9 Å². The summed E-state index contributed by atoms with van der Waals surface area (Å²) in [5.74, 6) is 0. The molecule has 8 nitrogen and oxygen atoms in total. The maximum Gasteiger partial charge on any atom is 0.466 e. The predicted molar refractivity (Wildman–Crippen MR) is 118 cm³/mol. The number of rotatable bonds is 6. The minimum absolute atomic E-state index is 1.15. The number of nitrogens with one attached hydrogen (secondary N) is 2. The number of pyridine rings is 2. The van der Waals surface area contributed by atoms with Gasteiger partial charge in [0.05, 0.1) is 20.0 Å². The van der Waals surface area contributed by atoms with E-state index in [2.05, 4.69) is 72.0 Å². The first-order chi connectivity index (χ1) is 16.4. The van der Waals surface area contributed by atoms with Crippen LogP contribution in [0.1, 0.15) is 39.5 Å². The fraction of sp³-hybridized carbons (Fsp3) is 0.500. The quantitative estimate of drug-likeness (QED) is 0.378. The Kier molecular flexibility index (Phi) is 17.1. The summed E-state index contributed by atoms with van der Waals surface area (Å²) in [4.78, 5) is 0. The third kappa shape index (κ3) is 19.0. The second-order valence-electron chi connectivity index (χ2n) is 6.83. The van der Waals surface area contributed by atoms with Gasteiger partial charge in [-0.15, -0.1) is 0 Å². The molecule has 36 heavy (non-hydrogen) atoms. The van der Waals surface area contributed by atoms with E-state index in [-0.39, 0.29) is 0 Å². The Morgan fingerprint density at radius 2 is 0.861 bits per heavy atom. The molecule has 0 aliphatic heterocycles. The molecule has 2 unspecified atom stereocenters. The molecule has 0 saturated carbocycles. The molecule has 0 aliphatic carbocycles. The number of aromatic nitrogens is 2. The minimum Gasteiger partial charge on any atom is -0.758 e. The van der Waals surface area contributed by atoms with E-state index in [1.54, 1.807) is 0 Å². The summed E-state index contributed by atoms with van der Waals surface area (Å²) < 4.78 is 117. The summed E-state index contributed by atoms with van der Waals surface area (Å²) in [6.07, 6.45) is 13.5. The highest BCUT2D eigenvalue weighted by atomic mass is 32.2. The first-order valence-electron chi connectivity index (χ1n) is 10.4. The molecule has 2 atom stereocenters. The van der Waals surface area contributed by atoms with Crippen LogP contribution < -0.4 is 9.13 Å². The van der Waals surface area contributed by atoms with E-state index < -0.39 is 31.0 Å². The Bertz CT molecular complexity index is 950. The molecule has 0 amide bonds. The lowest BCUT2D eigenvalue weighted by Crippen LogP contribution is -2.31. The van der Waals surface area contributed by atoms with Gasteiger partial charge in [0.25, 0.3) is 0 Å². The highest BCUT2D eigenvalue weighted by Gasteiger charge is 2.34. The molecular weight excluding hydrogens is 538 g/mol. The lowest BCUT2D eigenvalue weighted by molar-refractivity contribution is -0.697. The number of nitrogens with zero attached hydrogens (tertiary/aromatic N) is 2. The van der Waals surface area contributed by atoms with E-state index >= 15 is 0 Å². The van der Waals surface area contributed by atoms with Gasteiger partial charge in [0, 0.05) is 37.1 Å². The van der Waals surface area contributed by atoms with E-state index in [0.29, 0.717) is 0 Å². The Balaban J connectivity index is 0. The maximum absolute atomic E-state index is 10.8. The molecule has 0 radical (unpaired) electrons. The second kappa shape index (κ2) is 17.2. The molecule has 2 heterocycles. The summed E-state index contributed by atoms with van der Waals surface area (Å²) in [5, 5.41) is 0. The zero-order valence-electron chi connectivity index (χ0n) is 19.6. The fourth-order valence-corrected chi connectivity index (χ4v) is 1.85. The summed E-state index contributed by atoms with van der Waals surface area (Å²) >= 11 is 0. The molecule has 2 aromatic heterocycles. The molecule has 0 aromatic carbocycles. The van der Waals surface area contributed by atoms with Crippen LogP contribution in [0.5, 0.6) is 0 Å². The van der Waals surface area contributed by atoms with Crippen molar-refractivity contribution in [1.82, 2.24) is 0 Å². The highest BCUT2D eigenvalue weighted by molar-refractivity contribution is 7.87. The Morgan fingerprint density at radius 1 is 0.639 bits per heavy atom. The molecule has 16 heteroatoms. The van der Waals surface area contributed by atoms with Crippen molar-refractivity contribution in [3.05, 3.63) is 61.2 Å². The number of hydrogen-bond acceptors (Lipinski definition) is 6. The van der Waals surface area contributed by atoms with Crippen molar-refractivity contribution in [1.29, 1.82) is 9.56 Å². The summed E-state index contributed by atoms with van der Waals surface area (Å²) in [7, 11) is -11.2. The van der Waals surface area contributed by atoms with Crippen molar-refractivity contribution in [3.8, 4) is 0 Å². The van der Waals surface area contributed by atoms with E-state index in [1.807, 2.05) is 12.1 Å². The van der Waals surface area contributed by atoms with Crippen LogP contribution in [0.4, 0.5) is 26.3 Å². The van der Waals surface area contributed by atoms with Crippen LogP contribution in [0.25, 0.3) is 0 Å². The molecule has 2 rings (SSSR count). The van der Waals surface area contributed by atoms with Gasteiger partial charge >= 0.3 is 11.0 Å². The number of alkyl halides is 6. The summed E-state index contributed by atoms with van der Waals surface area (Å²) in [6.45, 7) is 6.72. The van der Waals surface area contributed by atoms with Crippen molar-refractivity contribution in [2.75, 3.05) is 0 Å². The molecule has 0 aliphatic rings. The minimum atomic E-state index is -5.59. The van der Waals surface area contributed by atoms with Gasteiger partial charge in [-0.1, -0.05) is 38.8 Å². The second-order valence-corrected chi connectivity index (χ2v) is 9.77. The maximum atomic E-state index is 10.8. The van der Waals surface area contributed by atoms with Crippen molar-refractivity contribution in [2.24, 2.45) is 0 Å². The van der Waals surface area contributed by atoms with Crippen molar-refractivity contribution >= 4 is 20.0 Å². The van der Waals surface area contributed by atoms with Crippen LogP contribution in [-0.2, 0) is 33.1 Å². The van der Waals surface area contributed by atoms with Gasteiger partial charge in [-0.05, 0) is 0 Å². The number of halogens is 6. The SMILES string of the molecule is CCCC[n+]1ccccc1.CCCC[n+]1ccccc1.N=S(=O)([O-])C(F)(F)F.N=S(=O)([O-])C(F)(F)F. The fourth-order valence-electron chi connectivity index (χ4n) is 1.85. The van der Waals surface area contributed by atoms with Crippen molar-refractivity contribution in [2.45, 2.75) is 63.6 Å². The highest BCUT2D eigenvalue weighted by Crippen LogP contribution is 2.21. The average Bonchev–Trinajstić information content (AvgIpc) is 2.76. The largest absolute Gasteiger partial charge is 0.758 e. The first kappa shape index (κ1) is 35.9. The molecule has 0 spiro atoms. The first-order valence-corrected chi connectivity index (χ1v) is 13.3. The van der Waals surface area contributed by atoms with Crippen LogP contribution in [-0.4, -0.2) is 28.5 Å². The zero-order chi connectivity index (χ0) is 28.5. The normalized spacial score (nSPS) is 14.3. The topological polar surface area (TPSA) is 136 Å². The Hall–Kier alpha value is -2.30. The Morgan fingerprint density at radius 3 is 1.03 bits per heavy atom. The zero-order valence-corrected chi connectivity index (χ0v) is 21.3. The smallest absolute Gasteiger partial charge is 0.466 e. The lowest BCUT2D eigenvalue weighted by Gasteiger charge is -2.12. The van der Waals surface area contributed by atoms with E-state index in [1.165, 1.54) is 25.7 Å². The van der Waals surface area contributed by atoms with E-state index in [4.69, 9.17) is 9.56 Å².